The summed E-state index contributed by atoms with van der Waals surface area (Å²) >= 11 is 1.35. The minimum atomic E-state index is -0.257. The molecule has 0 radical (unpaired) electrons. The summed E-state index contributed by atoms with van der Waals surface area (Å²) in [5.74, 6) is 1.49. The van der Waals surface area contributed by atoms with E-state index in [4.69, 9.17) is 9.47 Å². The fourth-order valence-electron chi connectivity index (χ4n) is 4.22. The SMILES string of the molecule is COc1cccc(C(CNC(=O)c2csc(Nc3ccccn3)n2)c2c[nH]c3ccccc23)c1OC. The molecule has 0 aliphatic heterocycles. The highest BCUT2D eigenvalue weighted by atomic mass is 32.1. The van der Waals surface area contributed by atoms with Crippen LogP contribution >= 0.6 is 11.3 Å². The van der Waals surface area contributed by atoms with E-state index in [1.54, 1.807) is 25.8 Å². The van der Waals surface area contributed by atoms with Crippen LogP contribution in [0.3, 0.4) is 0 Å². The summed E-state index contributed by atoms with van der Waals surface area (Å²) in [5, 5.41) is 9.60. The molecule has 1 atom stereocenters. The molecule has 3 heterocycles. The Balaban J connectivity index is 1.42. The average Bonchev–Trinajstić information content (AvgIpc) is 3.57. The number of ether oxygens (including phenoxy) is 2. The molecule has 0 saturated heterocycles. The Bertz CT molecular complexity index is 1480. The van der Waals surface area contributed by atoms with Gasteiger partial charge in [-0.15, -0.1) is 11.3 Å². The molecule has 2 aromatic carbocycles. The Morgan fingerprint density at radius 3 is 2.69 bits per heavy atom. The van der Waals surface area contributed by atoms with Gasteiger partial charge < -0.3 is 25.1 Å². The number of benzene rings is 2. The largest absolute Gasteiger partial charge is 0.493 e. The van der Waals surface area contributed by atoms with Crippen molar-refractivity contribution in [2.24, 2.45) is 0 Å². The zero-order valence-electron chi connectivity index (χ0n) is 19.8. The number of pyridine rings is 1. The number of carbonyl (C=O) groups excluding carboxylic acids is 1. The smallest absolute Gasteiger partial charge is 0.270 e. The minimum absolute atomic E-state index is 0.195. The molecule has 1 unspecified atom stereocenters. The van der Waals surface area contributed by atoms with Gasteiger partial charge in [0, 0.05) is 46.7 Å². The van der Waals surface area contributed by atoms with Crippen LogP contribution in [0.4, 0.5) is 10.9 Å². The van der Waals surface area contributed by atoms with Gasteiger partial charge >= 0.3 is 0 Å². The van der Waals surface area contributed by atoms with Crippen LogP contribution in [-0.2, 0) is 0 Å². The third-order valence-electron chi connectivity index (χ3n) is 5.91. The number of hydrogen-bond donors (Lipinski definition) is 3. The highest BCUT2D eigenvalue weighted by Crippen LogP contribution is 2.40. The van der Waals surface area contributed by atoms with Gasteiger partial charge in [-0.3, -0.25) is 4.79 Å². The lowest BCUT2D eigenvalue weighted by molar-refractivity contribution is 0.0948. The van der Waals surface area contributed by atoms with E-state index in [2.05, 4.69) is 31.7 Å². The van der Waals surface area contributed by atoms with E-state index >= 15 is 0 Å². The second-order valence-corrected chi connectivity index (χ2v) is 8.87. The Labute approximate surface area is 212 Å². The van der Waals surface area contributed by atoms with Crippen molar-refractivity contribution in [1.82, 2.24) is 20.3 Å². The van der Waals surface area contributed by atoms with E-state index in [1.807, 2.05) is 60.8 Å². The van der Waals surface area contributed by atoms with Gasteiger partial charge in [0.05, 0.1) is 14.2 Å². The molecule has 0 fully saturated rings. The van der Waals surface area contributed by atoms with Crippen molar-refractivity contribution in [2.75, 3.05) is 26.1 Å². The first kappa shape index (κ1) is 23.4. The molecule has 0 aliphatic carbocycles. The summed E-state index contributed by atoms with van der Waals surface area (Å²) in [4.78, 5) is 25.1. The van der Waals surface area contributed by atoms with Gasteiger partial charge in [-0.1, -0.05) is 36.4 Å². The first-order chi connectivity index (χ1) is 17.7. The van der Waals surface area contributed by atoms with Crippen LogP contribution in [0, 0.1) is 0 Å². The summed E-state index contributed by atoms with van der Waals surface area (Å²) in [6.45, 7) is 0.338. The number of aromatic amines is 1. The van der Waals surface area contributed by atoms with Crippen molar-refractivity contribution in [2.45, 2.75) is 5.92 Å². The molecule has 5 rings (SSSR count). The normalized spacial score (nSPS) is 11.7. The topological polar surface area (TPSA) is 101 Å². The van der Waals surface area contributed by atoms with Crippen LogP contribution in [-0.4, -0.2) is 41.6 Å². The number of para-hydroxylation sites is 2. The zero-order valence-corrected chi connectivity index (χ0v) is 20.6. The number of carbonyl (C=O) groups is 1. The van der Waals surface area contributed by atoms with Crippen LogP contribution < -0.4 is 20.1 Å². The highest BCUT2D eigenvalue weighted by Gasteiger charge is 2.25. The quantitative estimate of drug-likeness (QED) is 0.253. The number of nitrogens with zero attached hydrogens (tertiary/aromatic N) is 2. The third-order valence-corrected chi connectivity index (χ3v) is 6.67. The summed E-state index contributed by atoms with van der Waals surface area (Å²) in [5.41, 5.74) is 3.33. The summed E-state index contributed by atoms with van der Waals surface area (Å²) in [6, 6.07) is 19.4. The Hall–Kier alpha value is -4.37. The molecule has 0 saturated carbocycles. The first-order valence-corrected chi connectivity index (χ1v) is 12.2. The van der Waals surface area contributed by atoms with Crippen LogP contribution in [0.15, 0.2) is 78.4 Å². The van der Waals surface area contributed by atoms with Crippen molar-refractivity contribution < 1.29 is 14.3 Å². The van der Waals surface area contributed by atoms with Gasteiger partial charge in [0.15, 0.2) is 16.6 Å². The maximum Gasteiger partial charge on any atom is 0.270 e. The standard InChI is InChI=1S/C27H25N5O3S/c1-34-23-11-7-9-18(25(23)35-2)20(19-14-29-21-10-4-3-8-17(19)21)15-30-26(33)22-16-36-27(31-22)32-24-12-5-6-13-28-24/h3-14,16,20,29H,15H2,1-2H3,(H,30,33)(H,28,31,32). The summed E-state index contributed by atoms with van der Waals surface area (Å²) < 4.78 is 11.3. The fourth-order valence-corrected chi connectivity index (χ4v) is 4.92. The van der Waals surface area contributed by atoms with Crippen LogP contribution in [0.5, 0.6) is 11.5 Å². The number of fused-ring (bicyclic) bond motifs is 1. The van der Waals surface area contributed by atoms with E-state index in [-0.39, 0.29) is 11.8 Å². The second kappa shape index (κ2) is 10.5. The number of aromatic nitrogens is 3. The number of hydrogen-bond acceptors (Lipinski definition) is 7. The molecule has 3 N–H and O–H groups in total. The van der Waals surface area contributed by atoms with E-state index in [0.29, 0.717) is 34.7 Å². The molecule has 0 spiro atoms. The lowest BCUT2D eigenvalue weighted by atomic mass is 9.89. The molecule has 0 bridgehead atoms. The van der Waals surface area contributed by atoms with Crippen LogP contribution in [0.1, 0.15) is 27.5 Å². The first-order valence-electron chi connectivity index (χ1n) is 11.4. The number of rotatable bonds is 9. The molecular weight excluding hydrogens is 474 g/mol. The molecule has 3 aromatic heterocycles. The molecule has 1 amide bonds. The average molecular weight is 500 g/mol. The fraction of sp³-hybridized carbons (Fsp3) is 0.148. The molecule has 36 heavy (non-hydrogen) atoms. The van der Waals surface area contributed by atoms with Crippen molar-refractivity contribution in [3.63, 3.8) is 0 Å². The predicted molar refractivity (Wildman–Crippen MR) is 142 cm³/mol. The van der Waals surface area contributed by atoms with Gasteiger partial charge in [-0.2, -0.15) is 0 Å². The Morgan fingerprint density at radius 2 is 1.89 bits per heavy atom. The van der Waals surface area contributed by atoms with Crippen molar-refractivity contribution >= 4 is 39.1 Å². The Kier molecular flexibility index (Phi) is 6.81. The van der Waals surface area contributed by atoms with Gasteiger partial charge in [0.2, 0.25) is 0 Å². The van der Waals surface area contributed by atoms with Crippen molar-refractivity contribution in [3.05, 3.63) is 95.3 Å². The summed E-state index contributed by atoms with van der Waals surface area (Å²) in [6.07, 6.45) is 3.68. The van der Waals surface area contributed by atoms with Gasteiger partial charge in [0.1, 0.15) is 11.5 Å². The highest BCUT2D eigenvalue weighted by molar-refractivity contribution is 7.14. The zero-order chi connectivity index (χ0) is 24.9. The van der Waals surface area contributed by atoms with Gasteiger partial charge in [-0.05, 0) is 29.8 Å². The second-order valence-electron chi connectivity index (χ2n) is 8.01. The number of H-pyrrole nitrogens is 1. The molecule has 182 valence electrons. The van der Waals surface area contributed by atoms with Crippen molar-refractivity contribution in [3.8, 4) is 11.5 Å². The number of nitrogens with one attached hydrogen (secondary N) is 3. The van der Waals surface area contributed by atoms with E-state index < -0.39 is 0 Å². The van der Waals surface area contributed by atoms with Gasteiger partial charge in [0.25, 0.3) is 5.91 Å². The third kappa shape index (κ3) is 4.73. The minimum Gasteiger partial charge on any atom is -0.493 e. The van der Waals surface area contributed by atoms with Crippen LogP contribution in [0.25, 0.3) is 10.9 Å². The number of anilines is 2. The lowest BCUT2D eigenvalue weighted by Crippen LogP contribution is -2.29. The molecule has 8 nitrogen and oxygen atoms in total. The van der Waals surface area contributed by atoms with E-state index in [9.17, 15) is 4.79 Å². The Morgan fingerprint density at radius 1 is 1.03 bits per heavy atom. The number of amides is 1. The lowest BCUT2D eigenvalue weighted by Gasteiger charge is -2.21. The van der Waals surface area contributed by atoms with Gasteiger partial charge in [-0.25, -0.2) is 9.97 Å². The monoisotopic (exact) mass is 499 g/mol. The maximum atomic E-state index is 13.1. The molecule has 0 aliphatic rings. The molecule has 5 aromatic rings. The predicted octanol–water partition coefficient (Wildman–Crippen LogP) is 5.34. The van der Waals surface area contributed by atoms with Crippen molar-refractivity contribution in [1.29, 1.82) is 0 Å². The van der Waals surface area contributed by atoms with Crippen LogP contribution in [0.2, 0.25) is 0 Å². The van der Waals surface area contributed by atoms with E-state index in [0.717, 1.165) is 22.0 Å². The van der Waals surface area contributed by atoms with E-state index in [1.165, 1.54) is 11.3 Å². The summed E-state index contributed by atoms with van der Waals surface area (Å²) in [7, 11) is 3.24. The maximum absolute atomic E-state index is 13.1. The number of thiazole rings is 1. The molecular formula is C27H25N5O3S. The number of methoxy groups -OCH3 is 2. The molecule has 9 heteroatoms.